The Balaban J connectivity index is -0.000000117. The van der Waals surface area contributed by atoms with Crippen molar-refractivity contribution in [2.75, 3.05) is 14.2 Å². The van der Waals surface area contributed by atoms with E-state index in [0.29, 0.717) is 0 Å². The number of ketones is 2. The van der Waals surface area contributed by atoms with Crippen molar-refractivity contribution < 1.29 is 36.2 Å². The topological polar surface area (TPSA) is 52.6 Å². The minimum absolute atomic E-state index is 0.167. The van der Waals surface area contributed by atoms with Crippen LogP contribution in [0.25, 0.3) is 0 Å². The third kappa shape index (κ3) is 306. The molecule has 4 nitrogen and oxygen atoms in total. The Bertz CT molecular complexity index is 103. The average molecular weight is 226 g/mol. The van der Waals surface area contributed by atoms with Crippen molar-refractivity contribution in [1.82, 2.24) is 0 Å². The fourth-order valence-corrected chi connectivity index (χ4v) is 0.344. The average Bonchev–Trinajstić information content (AvgIpc) is 1.86. The van der Waals surface area contributed by atoms with E-state index in [1.807, 2.05) is 0 Å². The van der Waals surface area contributed by atoms with Gasteiger partial charge in [0.1, 0.15) is 11.6 Å². The predicted molar refractivity (Wildman–Crippen MR) is 46.7 cm³/mol. The molecule has 0 heterocycles. The van der Waals surface area contributed by atoms with Crippen molar-refractivity contribution in [1.29, 1.82) is 0 Å². The Hall–Kier alpha value is -0.0257. The number of carbonyl (C=O) groups excluding carboxylic acids is 2. The van der Waals surface area contributed by atoms with Crippen LogP contribution in [0.2, 0.25) is 0 Å². The monoisotopic (exact) mass is 226 g/mol. The molecule has 0 aliphatic rings. The van der Waals surface area contributed by atoms with Crippen LogP contribution in [-0.4, -0.2) is 25.8 Å². The van der Waals surface area contributed by atoms with Crippen LogP contribution in [0, 0.1) is 0 Å². The zero-order valence-electron chi connectivity index (χ0n) is 9.13. The van der Waals surface area contributed by atoms with Gasteiger partial charge in [-0.05, 0) is 27.7 Å². The van der Waals surface area contributed by atoms with Gasteiger partial charge in [-0.25, -0.2) is 0 Å². The summed E-state index contributed by atoms with van der Waals surface area (Å²) in [5, 5.41) is 0. The molecule has 0 bridgehead atoms. The van der Waals surface area contributed by atoms with Crippen molar-refractivity contribution in [3.05, 3.63) is 0 Å². The van der Waals surface area contributed by atoms with Crippen LogP contribution in [0.15, 0.2) is 0 Å². The summed E-state index contributed by atoms with van der Waals surface area (Å²) in [5.74, 6) is 0.333. The Kier molecular flexibility index (Phi) is 25.8. The van der Waals surface area contributed by atoms with Crippen molar-refractivity contribution in [3.63, 3.8) is 0 Å². The molecule has 0 amide bonds. The number of hydrogen-bond donors (Lipinski definition) is 0. The first kappa shape index (κ1) is 18.7. The molecule has 0 N–H and O–H groups in total. The molecule has 0 radical (unpaired) electrons. The van der Waals surface area contributed by atoms with Crippen LogP contribution < -0.4 is 0 Å². The van der Waals surface area contributed by atoms with Gasteiger partial charge in [-0.1, -0.05) is 0 Å². The van der Waals surface area contributed by atoms with E-state index in [2.05, 4.69) is 6.64 Å². The van der Waals surface area contributed by atoms with E-state index in [1.54, 1.807) is 14.2 Å². The number of rotatable bonds is 2. The summed E-state index contributed by atoms with van der Waals surface area (Å²) >= 11 is -0.472. The Morgan fingerprint density at radius 1 is 0.846 bits per heavy atom. The van der Waals surface area contributed by atoms with Crippen LogP contribution in [0.4, 0.5) is 0 Å². The summed E-state index contributed by atoms with van der Waals surface area (Å²) in [6, 6.07) is 0. The van der Waals surface area contributed by atoms with Gasteiger partial charge in [-0.3, -0.25) is 0 Å². The predicted octanol–water partition coefficient (Wildman–Crippen LogP) is 1.38. The zero-order valence-corrected chi connectivity index (χ0v) is 10.7. The van der Waals surface area contributed by atoms with Gasteiger partial charge in [0.15, 0.2) is 0 Å². The van der Waals surface area contributed by atoms with Gasteiger partial charge >= 0.3 is 40.8 Å². The third-order valence-corrected chi connectivity index (χ3v) is 0.687. The molecule has 0 unspecified atom stereocenters. The second-order valence-electron chi connectivity index (χ2n) is 2.31. The molecule has 0 aromatic rings. The molecule has 0 saturated heterocycles. The van der Waals surface area contributed by atoms with Gasteiger partial charge in [0.25, 0.3) is 0 Å². The number of Topliss-reactive ketones (excluding diaryl/α,β-unsaturated/α-hetero) is 2. The second-order valence-corrected chi connectivity index (χ2v) is 3.84. The van der Waals surface area contributed by atoms with Crippen LogP contribution in [-0.2, 0) is 36.2 Å². The standard InChI is InChI=1S/2C3H6O.2CH3O.Ti/c2*1-3(2)4;2*1-2;/h2*1-2H3;2*1H3;/q;;2*-1;+2. The number of carbonyl (C=O) groups is 2. The summed E-state index contributed by atoms with van der Waals surface area (Å²) in [6.45, 7) is 6.11. The molecular weight excluding hydrogens is 208 g/mol. The summed E-state index contributed by atoms with van der Waals surface area (Å²) in [4.78, 5) is 18.9. The van der Waals surface area contributed by atoms with Gasteiger partial charge in [-0.15, -0.1) is 0 Å². The maximum absolute atomic E-state index is 9.44. The summed E-state index contributed by atoms with van der Waals surface area (Å²) in [6.07, 6.45) is 0. The van der Waals surface area contributed by atoms with E-state index in [9.17, 15) is 9.59 Å². The first-order valence-corrected chi connectivity index (χ1v) is 4.91. The Labute approximate surface area is 89.9 Å². The van der Waals surface area contributed by atoms with Crippen molar-refractivity contribution in [2.45, 2.75) is 27.7 Å². The van der Waals surface area contributed by atoms with Gasteiger partial charge in [0.05, 0.1) is 0 Å². The second kappa shape index (κ2) is 17.9. The molecule has 0 aliphatic heterocycles. The van der Waals surface area contributed by atoms with Crippen molar-refractivity contribution >= 4 is 11.6 Å². The van der Waals surface area contributed by atoms with Gasteiger partial charge in [0.2, 0.25) is 0 Å². The van der Waals surface area contributed by atoms with Gasteiger partial charge < -0.3 is 9.59 Å². The first-order valence-electron chi connectivity index (χ1n) is 3.63. The molecule has 0 aromatic heterocycles. The Morgan fingerprint density at radius 2 is 1.00 bits per heavy atom. The molecule has 0 aromatic carbocycles. The minimum atomic E-state index is -0.472. The molecule has 0 rings (SSSR count). The van der Waals surface area contributed by atoms with E-state index >= 15 is 0 Å². The van der Waals surface area contributed by atoms with Crippen LogP contribution in [0.5, 0.6) is 0 Å². The molecule has 0 saturated carbocycles. The van der Waals surface area contributed by atoms with Crippen LogP contribution >= 0.6 is 0 Å². The molecule has 13 heavy (non-hydrogen) atoms. The summed E-state index contributed by atoms with van der Waals surface area (Å²) < 4.78 is 9.19. The fourth-order valence-electron chi connectivity index (χ4n) is 0.0833. The zero-order chi connectivity index (χ0) is 11.3. The Morgan fingerprint density at radius 3 is 1.00 bits per heavy atom. The third-order valence-electron chi connectivity index (χ3n) is 0.167. The molecule has 0 aliphatic carbocycles. The van der Waals surface area contributed by atoms with E-state index in [-0.39, 0.29) is 11.6 Å². The van der Waals surface area contributed by atoms with E-state index in [1.165, 1.54) is 27.7 Å². The fraction of sp³-hybridized carbons (Fsp3) is 0.750. The molecule has 0 atom stereocenters. The quantitative estimate of drug-likeness (QED) is 0.667. The van der Waals surface area contributed by atoms with Gasteiger partial charge in [0, 0.05) is 0 Å². The molecule has 78 valence electrons. The van der Waals surface area contributed by atoms with E-state index in [4.69, 9.17) is 0 Å². The molecule has 0 fully saturated rings. The normalized spacial score (nSPS) is 6.92. The first-order chi connectivity index (χ1) is 5.88. The van der Waals surface area contributed by atoms with E-state index < -0.39 is 19.9 Å². The summed E-state index contributed by atoms with van der Waals surface area (Å²) in [7, 11) is 3.28. The summed E-state index contributed by atoms with van der Waals surface area (Å²) in [5.41, 5.74) is 0. The van der Waals surface area contributed by atoms with Crippen molar-refractivity contribution in [3.8, 4) is 0 Å². The van der Waals surface area contributed by atoms with Crippen LogP contribution in [0.3, 0.4) is 0 Å². The molecule has 5 heteroatoms. The van der Waals surface area contributed by atoms with E-state index in [0.717, 1.165) is 0 Å². The van der Waals surface area contributed by atoms with Gasteiger partial charge in [-0.2, -0.15) is 0 Å². The molecule has 0 spiro atoms. The SMILES string of the molecule is CC(C)=O.CC(C)=O.C[O][Ti][O]C. The maximum atomic E-state index is 9.44. The number of hydrogen-bond acceptors (Lipinski definition) is 4. The molecular formula is C8H18O4Ti. The van der Waals surface area contributed by atoms with Crippen molar-refractivity contribution in [2.24, 2.45) is 0 Å². The van der Waals surface area contributed by atoms with Crippen LogP contribution in [0.1, 0.15) is 27.7 Å².